The van der Waals surface area contributed by atoms with Gasteiger partial charge in [0.15, 0.2) is 0 Å². The maximum atomic E-state index is 3.59. The molecule has 3 fully saturated rings. The second-order valence-electron chi connectivity index (χ2n) is 7.87. The monoisotopic (exact) mass is 268 g/mol. The van der Waals surface area contributed by atoms with Crippen molar-refractivity contribution in [3.8, 4) is 0 Å². The van der Waals surface area contributed by atoms with Crippen LogP contribution in [0.4, 0.5) is 0 Å². The van der Waals surface area contributed by atoms with Gasteiger partial charge in [-0.25, -0.2) is 0 Å². The van der Waals surface area contributed by atoms with E-state index in [2.05, 4.69) is 49.7 Å². The van der Waals surface area contributed by atoms with Crippen LogP contribution in [0.3, 0.4) is 0 Å². The Morgan fingerprint density at radius 3 is 2.61 bits per heavy atom. The van der Waals surface area contributed by atoms with Crippen LogP contribution in [-0.4, -0.2) is 47.6 Å². The second kappa shape index (κ2) is 4.39. The molecule has 0 aliphatic carbocycles. The van der Waals surface area contributed by atoms with Crippen molar-refractivity contribution in [1.29, 1.82) is 0 Å². The fourth-order valence-corrected chi connectivity index (χ4v) is 5.86. The lowest BCUT2D eigenvalue weighted by Crippen LogP contribution is -2.53. The van der Waals surface area contributed by atoms with Crippen molar-refractivity contribution < 1.29 is 0 Å². The van der Waals surface area contributed by atoms with Crippen molar-refractivity contribution in [3.05, 3.63) is 0 Å². The molecule has 0 bridgehead atoms. The zero-order chi connectivity index (χ0) is 13.0. The third-order valence-electron chi connectivity index (χ3n) is 5.45. The third kappa shape index (κ3) is 2.12. The van der Waals surface area contributed by atoms with E-state index in [1.807, 2.05) is 0 Å². The molecule has 0 spiro atoms. The second-order valence-corrected chi connectivity index (χ2v) is 8.90. The van der Waals surface area contributed by atoms with Gasteiger partial charge in [0.1, 0.15) is 0 Å². The Morgan fingerprint density at radius 1 is 1.17 bits per heavy atom. The summed E-state index contributed by atoms with van der Waals surface area (Å²) < 4.78 is 0. The third-order valence-corrected chi connectivity index (χ3v) is 7.06. The zero-order valence-electron chi connectivity index (χ0n) is 12.3. The molecule has 18 heavy (non-hydrogen) atoms. The molecule has 1 N–H and O–H groups in total. The maximum Gasteiger partial charge on any atom is 0.0200 e. The van der Waals surface area contributed by atoms with Crippen molar-refractivity contribution in [2.24, 2.45) is 17.3 Å². The molecule has 3 saturated heterocycles. The highest BCUT2D eigenvalue weighted by Gasteiger charge is 2.52. The zero-order valence-corrected chi connectivity index (χ0v) is 13.1. The van der Waals surface area contributed by atoms with Gasteiger partial charge in [-0.3, -0.25) is 4.90 Å². The Balaban J connectivity index is 1.76. The SMILES string of the molecule is CC1(C)CSCC(N2CC3CNCC3C2(C)C)C1. The van der Waals surface area contributed by atoms with Crippen molar-refractivity contribution >= 4 is 11.8 Å². The number of hydrogen-bond acceptors (Lipinski definition) is 3. The van der Waals surface area contributed by atoms with Gasteiger partial charge >= 0.3 is 0 Å². The average Bonchev–Trinajstić information content (AvgIpc) is 2.80. The van der Waals surface area contributed by atoms with Crippen LogP contribution < -0.4 is 5.32 Å². The highest BCUT2D eigenvalue weighted by atomic mass is 32.2. The summed E-state index contributed by atoms with van der Waals surface area (Å²) in [6.07, 6.45) is 1.39. The first-order valence-electron chi connectivity index (χ1n) is 7.45. The van der Waals surface area contributed by atoms with Gasteiger partial charge in [-0.05, 0) is 49.8 Å². The molecular formula is C15H28N2S. The van der Waals surface area contributed by atoms with E-state index in [1.54, 1.807) is 0 Å². The smallest absolute Gasteiger partial charge is 0.0200 e. The van der Waals surface area contributed by atoms with Crippen molar-refractivity contribution in [1.82, 2.24) is 10.2 Å². The Bertz CT molecular complexity index is 326. The van der Waals surface area contributed by atoms with Gasteiger partial charge < -0.3 is 5.32 Å². The number of hydrogen-bond donors (Lipinski definition) is 1. The van der Waals surface area contributed by atoms with Crippen LogP contribution in [0.15, 0.2) is 0 Å². The van der Waals surface area contributed by atoms with Crippen molar-refractivity contribution in [2.75, 3.05) is 31.1 Å². The molecule has 3 heterocycles. The minimum Gasteiger partial charge on any atom is -0.316 e. The van der Waals surface area contributed by atoms with Crippen LogP contribution in [0.1, 0.15) is 34.1 Å². The fourth-order valence-electron chi connectivity index (χ4n) is 4.50. The summed E-state index contributed by atoms with van der Waals surface area (Å²) in [7, 11) is 0. The molecule has 2 nitrogen and oxygen atoms in total. The van der Waals surface area contributed by atoms with Crippen LogP contribution in [0.25, 0.3) is 0 Å². The Kier molecular flexibility index (Phi) is 3.23. The van der Waals surface area contributed by atoms with Crippen LogP contribution >= 0.6 is 11.8 Å². The van der Waals surface area contributed by atoms with Crippen LogP contribution in [0.2, 0.25) is 0 Å². The highest BCUT2D eigenvalue weighted by molar-refractivity contribution is 7.99. The lowest BCUT2D eigenvalue weighted by Gasteiger charge is -2.46. The largest absolute Gasteiger partial charge is 0.316 e. The Hall–Kier alpha value is 0.270. The van der Waals surface area contributed by atoms with E-state index in [9.17, 15) is 0 Å². The van der Waals surface area contributed by atoms with Crippen molar-refractivity contribution in [2.45, 2.75) is 45.7 Å². The molecule has 0 aromatic rings. The molecule has 0 aromatic heterocycles. The van der Waals surface area contributed by atoms with E-state index in [0.717, 1.165) is 17.9 Å². The van der Waals surface area contributed by atoms with E-state index in [-0.39, 0.29) is 0 Å². The Labute approximate surface area is 116 Å². The molecule has 3 rings (SSSR count). The van der Waals surface area contributed by atoms with Gasteiger partial charge in [-0.1, -0.05) is 13.8 Å². The van der Waals surface area contributed by atoms with Crippen LogP contribution in [0, 0.1) is 17.3 Å². The quantitative estimate of drug-likeness (QED) is 0.786. The predicted octanol–water partition coefficient (Wildman–Crippen LogP) is 2.45. The van der Waals surface area contributed by atoms with E-state index < -0.39 is 0 Å². The van der Waals surface area contributed by atoms with Gasteiger partial charge in [0, 0.05) is 30.4 Å². The minimum absolute atomic E-state index is 0.396. The molecule has 0 amide bonds. The lowest BCUT2D eigenvalue weighted by atomic mass is 9.83. The van der Waals surface area contributed by atoms with Crippen LogP contribution in [0.5, 0.6) is 0 Å². The number of rotatable bonds is 1. The van der Waals surface area contributed by atoms with Gasteiger partial charge in [-0.2, -0.15) is 11.8 Å². The lowest BCUT2D eigenvalue weighted by molar-refractivity contribution is 0.0746. The molecule has 0 aromatic carbocycles. The van der Waals surface area contributed by atoms with Gasteiger partial charge in [-0.15, -0.1) is 0 Å². The molecule has 3 atom stereocenters. The summed E-state index contributed by atoms with van der Waals surface area (Å²) in [5, 5.41) is 3.59. The van der Waals surface area contributed by atoms with E-state index in [0.29, 0.717) is 11.0 Å². The van der Waals surface area contributed by atoms with Crippen LogP contribution in [-0.2, 0) is 0 Å². The number of fused-ring (bicyclic) bond motifs is 1. The summed E-state index contributed by atoms with van der Waals surface area (Å²) >= 11 is 2.17. The number of nitrogens with one attached hydrogen (secondary N) is 1. The molecule has 3 heteroatoms. The van der Waals surface area contributed by atoms with E-state index in [1.165, 1.54) is 37.6 Å². The summed E-state index contributed by atoms with van der Waals surface area (Å²) in [6, 6.07) is 0.805. The highest BCUT2D eigenvalue weighted by Crippen LogP contribution is 2.45. The summed E-state index contributed by atoms with van der Waals surface area (Å²) in [5.74, 6) is 4.45. The molecule has 3 aliphatic heterocycles. The van der Waals surface area contributed by atoms with Gasteiger partial charge in [0.2, 0.25) is 0 Å². The summed E-state index contributed by atoms with van der Waals surface area (Å²) in [4.78, 5) is 2.86. The normalized spacial score (nSPS) is 43.0. The topological polar surface area (TPSA) is 15.3 Å². The Morgan fingerprint density at radius 2 is 1.94 bits per heavy atom. The summed E-state index contributed by atoms with van der Waals surface area (Å²) in [5.41, 5.74) is 0.923. The predicted molar refractivity (Wildman–Crippen MR) is 80.1 cm³/mol. The first-order chi connectivity index (χ1) is 8.40. The van der Waals surface area contributed by atoms with E-state index in [4.69, 9.17) is 0 Å². The number of likely N-dealkylation sites (tertiary alicyclic amines) is 1. The molecule has 3 unspecified atom stereocenters. The van der Waals surface area contributed by atoms with Crippen molar-refractivity contribution in [3.63, 3.8) is 0 Å². The summed E-state index contributed by atoms with van der Waals surface area (Å²) in [6.45, 7) is 13.7. The minimum atomic E-state index is 0.396. The van der Waals surface area contributed by atoms with Gasteiger partial charge in [0.25, 0.3) is 0 Å². The molecule has 0 radical (unpaired) electrons. The number of nitrogens with zero attached hydrogens (tertiary/aromatic N) is 1. The first-order valence-corrected chi connectivity index (χ1v) is 8.61. The molecule has 3 aliphatic rings. The molecule has 104 valence electrons. The van der Waals surface area contributed by atoms with E-state index >= 15 is 0 Å². The fraction of sp³-hybridized carbons (Fsp3) is 1.00. The molecule has 0 saturated carbocycles. The average molecular weight is 268 g/mol. The first kappa shape index (κ1) is 13.3. The standard InChI is InChI=1S/C15H28N2S/c1-14(2)5-12(9-18-10-14)17-8-11-6-16-7-13(11)15(17,3)4/h11-13,16H,5-10H2,1-4H3. The number of thioether (sulfide) groups is 1. The molecular weight excluding hydrogens is 240 g/mol. The maximum absolute atomic E-state index is 3.59. The van der Waals surface area contributed by atoms with Gasteiger partial charge in [0.05, 0.1) is 0 Å².